The molecule has 6 nitrogen and oxygen atoms in total. The van der Waals surface area contributed by atoms with E-state index in [4.69, 9.17) is 4.74 Å². The zero-order chi connectivity index (χ0) is 23.3. The molecule has 33 heavy (non-hydrogen) atoms. The van der Waals surface area contributed by atoms with Crippen molar-refractivity contribution >= 4 is 33.4 Å². The van der Waals surface area contributed by atoms with Gasteiger partial charge < -0.3 is 10.1 Å². The second-order valence-corrected chi connectivity index (χ2v) is 10.8. The number of piperidine rings is 1. The molecule has 1 saturated heterocycles. The van der Waals surface area contributed by atoms with Gasteiger partial charge in [0.1, 0.15) is 5.75 Å². The molecule has 1 heterocycles. The molecule has 0 aromatic heterocycles. The van der Waals surface area contributed by atoms with E-state index >= 15 is 0 Å². The Morgan fingerprint density at radius 3 is 2.42 bits per heavy atom. The van der Waals surface area contributed by atoms with Crippen molar-refractivity contribution in [3.8, 4) is 5.75 Å². The summed E-state index contributed by atoms with van der Waals surface area (Å²) in [5.74, 6) is 0.0178. The molecule has 0 saturated carbocycles. The quantitative estimate of drug-likeness (QED) is 0.519. The van der Waals surface area contributed by atoms with Gasteiger partial charge in [-0.15, -0.1) is 0 Å². The number of carbonyl (C=O) groups excluding carboxylic acids is 1. The molecule has 1 N–H and O–H groups in total. The van der Waals surface area contributed by atoms with E-state index in [1.54, 1.807) is 23.9 Å². The second-order valence-electron chi connectivity index (χ2n) is 7.78. The van der Waals surface area contributed by atoms with Gasteiger partial charge in [0.05, 0.1) is 23.6 Å². The molecule has 3 aromatic carbocycles. The predicted octanol–water partition coefficient (Wildman–Crippen LogP) is 4.89. The van der Waals surface area contributed by atoms with Crippen molar-refractivity contribution in [2.45, 2.75) is 27.5 Å². The monoisotopic (exact) mass is 482 g/mol. The van der Waals surface area contributed by atoms with E-state index in [1.165, 1.54) is 23.5 Å². The van der Waals surface area contributed by atoms with Crippen LogP contribution in [0.3, 0.4) is 0 Å². The number of ether oxygens (including phenoxy) is 1. The van der Waals surface area contributed by atoms with E-state index in [1.807, 2.05) is 54.6 Å². The fraction of sp³-hybridized carbons (Fsp3) is 0.240. The lowest BCUT2D eigenvalue weighted by Crippen LogP contribution is -2.43. The second kappa shape index (κ2) is 10.4. The standard InChI is InChI=1S/C25H26N2O4S2/c1-31-20-13-15-22(16-14-20)33(29,30)27-17-7-8-19(18-27)25(28)26-23-11-5-6-12-24(23)32-21-9-3-2-4-10-21/h2-6,9-16,19H,7-8,17-18H2,1H3,(H,26,28)/t19-/m1/s1. The average Bonchev–Trinajstić information content (AvgIpc) is 2.86. The van der Waals surface area contributed by atoms with Crippen LogP contribution in [0.2, 0.25) is 0 Å². The van der Waals surface area contributed by atoms with E-state index in [0.29, 0.717) is 25.1 Å². The number of hydrogen-bond donors (Lipinski definition) is 1. The lowest BCUT2D eigenvalue weighted by atomic mass is 9.99. The number of nitrogens with zero attached hydrogens (tertiary/aromatic N) is 1. The number of sulfonamides is 1. The van der Waals surface area contributed by atoms with Crippen molar-refractivity contribution in [1.82, 2.24) is 4.31 Å². The molecular weight excluding hydrogens is 456 g/mol. The molecular formula is C25H26N2O4S2. The minimum Gasteiger partial charge on any atom is -0.497 e. The van der Waals surface area contributed by atoms with E-state index in [2.05, 4.69) is 5.32 Å². The maximum absolute atomic E-state index is 13.1. The molecule has 1 atom stereocenters. The third kappa shape index (κ3) is 5.58. The Bertz CT molecular complexity index is 1200. The smallest absolute Gasteiger partial charge is 0.243 e. The van der Waals surface area contributed by atoms with E-state index in [9.17, 15) is 13.2 Å². The van der Waals surface area contributed by atoms with Crippen molar-refractivity contribution in [1.29, 1.82) is 0 Å². The zero-order valence-corrected chi connectivity index (χ0v) is 19.9. The summed E-state index contributed by atoms with van der Waals surface area (Å²) in [6, 6.07) is 23.9. The van der Waals surface area contributed by atoms with Gasteiger partial charge in [0.25, 0.3) is 0 Å². The molecule has 3 aromatic rings. The van der Waals surface area contributed by atoms with Gasteiger partial charge in [-0.1, -0.05) is 42.1 Å². The number of nitrogens with one attached hydrogen (secondary N) is 1. The molecule has 4 rings (SSSR count). The fourth-order valence-corrected chi connectivity index (χ4v) is 6.23. The number of anilines is 1. The lowest BCUT2D eigenvalue weighted by molar-refractivity contribution is -0.120. The minimum atomic E-state index is -3.68. The summed E-state index contributed by atoms with van der Waals surface area (Å²) in [7, 11) is -2.15. The van der Waals surface area contributed by atoms with Gasteiger partial charge in [-0.05, 0) is 61.4 Å². The summed E-state index contributed by atoms with van der Waals surface area (Å²) in [5, 5.41) is 3.03. The molecule has 0 unspecified atom stereocenters. The first kappa shape index (κ1) is 23.4. The van der Waals surface area contributed by atoms with Crippen molar-refractivity contribution in [3.05, 3.63) is 78.9 Å². The van der Waals surface area contributed by atoms with E-state index < -0.39 is 15.9 Å². The van der Waals surface area contributed by atoms with Crippen LogP contribution in [0.4, 0.5) is 5.69 Å². The minimum absolute atomic E-state index is 0.161. The van der Waals surface area contributed by atoms with Gasteiger partial charge in [-0.25, -0.2) is 8.42 Å². The molecule has 1 aliphatic heterocycles. The van der Waals surface area contributed by atoms with Crippen LogP contribution in [-0.4, -0.2) is 38.8 Å². The van der Waals surface area contributed by atoms with Crippen LogP contribution in [0.5, 0.6) is 5.75 Å². The molecule has 0 spiro atoms. The average molecular weight is 483 g/mol. The number of benzene rings is 3. The van der Waals surface area contributed by atoms with Gasteiger partial charge in [0, 0.05) is 22.9 Å². The Kier molecular flexibility index (Phi) is 7.37. The van der Waals surface area contributed by atoms with Gasteiger partial charge >= 0.3 is 0 Å². The van der Waals surface area contributed by atoms with Crippen LogP contribution >= 0.6 is 11.8 Å². The van der Waals surface area contributed by atoms with Crippen LogP contribution in [0.1, 0.15) is 12.8 Å². The normalized spacial score (nSPS) is 16.8. The largest absolute Gasteiger partial charge is 0.497 e. The SMILES string of the molecule is COc1ccc(S(=O)(=O)N2CCC[C@@H](C(=O)Nc3ccccc3Sc3ccccc3)C2)cc1. The molecule has 0 aliphatic carbocycles. The highest BCUT2D eigenvalue weighted by atomic mass is 32.2. The maximum atomic E-state index is 13.1. The van der Waals surface area contributed by atoms with Crippen LogP contribution in [-0.2, 0) is 14.8 Å². The number of methoxy groups -OCH3 is 1. The first-order valence-electron chi connectivity index (χ1n) is 10.7. The number of rotatable bonds is 7. The molecule has 1 amide bonds. The Labute approximate surface area is 199 Å². The highest BCUT2D eigenvalue weighted by Gasteiger charge is 2.33. The molecule has 8 heteroatoms. The number of carbonyl (C=O) groups is 1. The van der Waals surface area contributed by atoms with E-state index in [-0.39, 0.29) is 17.3 Å². The fourth-order valence-electron chi connectivity index (χ4n) is 3.78. The van der Waals surface area contributed by atoms with Crippen molar-refractivity contribution in [2.24, 2.45) is 5.92 Å². The Hall–Kier alpha value is -2.81. The molecule has 172 valence electrons. The van der Waals surface area contributed by atoms with Crippen molar-refractivity contribution < 1.29 is 17.9 Å². The molecule has 0 radical (unpaired) electrons. The Morgan fingerprint density at radius 1 is 1.00 bits per heavy atom. The third-order valence-electron chi connectivity index (χ3n) is 5.57. The van der Waals surface area contributed by atoms with Crippen molar-refractivity contribution in [3.63, 3.8) is 0 Å². The van der Waals surface area contributed by atoms with Gasteiger partial charge in [-0.2, -0.15) is 4.31 Å². The van der Waals surface area contributed by atoms with Gasteiger partial charge in [-0.3, -0.25) is 4.79 Å². The molecule has 1 fully saturated rings. The summed E-state index contributed by atoms with van der Waals surface area (Å²) in [4.78, 5) is 15.3. The first-order chi connectivity index (χ1) is 16.0. The van der Waals surface area contributed by atoms with Gasteiger partial charge in [0.15, 0.2) is 0 Å². The lowest BCUT2D eigenvalue weighted by Gasteiger charge is -2.31. The number of para-hydroxylation sites is 1. The summed E-state index contributed by atoms with van der Waals surface area (Å²) >= 11 is 1.58. The van der Waals surface area contributed by atoms with Crippen molar-refractivity contribution in [2.75, 3.05) is 25.5 Å². The summed E-state index contributed by atoms with van der Waals surface area (Å²) in [5.41, 5.74) is 0.728. The van der Waals surface area contributed by atoms with Crippen LogP contribution < -0.4 is 10.1 Å². The maximum Gasteiger partial charge on any atom is 0.243 e. The van der Waals surface area contributed by atoms with Crippen LogP contribution in [0, 0.1) is 5.92 Å². The van der Waals surface area contributed by atoms with E-state index in [0.717, 1.165) is 15.5 Å². The summed E-state index contributed by atoms with van der Waals surface area (Å²) < 4.78 is 32.8. The van der Waals surface area contributed by atoms with Gasteiger partial charge in [0.2, 0.25) is 15.9 Å². The molecule has 1 aliphatic rings. The van der Waals surface area contributed by atoms with Crippen LogP contribution in [0.25, 0.3) is 0 Å². The molecule has 0 bridgehead atoms. The first-order valence-corrected chi connectivity index (χ1v) is 13.0. The predicted molar refractivity (Wildman–Crippen MR) is 130 cm³/mol. The number of amides is 1. The van der Waals surface area contributed by atoms with Crippen LogP contribution in [0.15, 0.2) is 93.5 Å². The Balaban J connectivity index is 1.46. The third-order valence-corrected chi connectivity index (χ3v) is 8.53. The summed E-state index contributed by atoms with van der Waals surface area (Å²) in [6.07, 6.45) is 1.28. The highest BCUT2D eigenvalue weighted by molar-refractivity contribution is 7.99. The number of hydrogen-bond acceptors (Lipinski definition) is 5. The topological polar surface area (TPSA) is 75.7 Å². The Morgan fingerprint density at radius 2 is 1.70 bits per heavy atom. The highest BCUT2D eigenvalue weighted by Crippen LogP contribution is 2.34. The summed E-state index contributed by atoms with van der Waals surface area (Å²) in [6.45, 7) is 0.562. The zero-order valence-electron chi connectivity index (χ0n) is 18.3.